The number of hydrogen-bond acceptors (Lipinski definition) is 2. The van der Waals surface area contributed by atoms with Gasteiger partial charge in [0.1, 0.15) is 0 Å². The highest BCUT2D eigenvalue weighted by atomic mass is 16.2. The average molecular weight is 208 g/mol. The molecule has 0 unspecified atom stereocenters. The van der Waals surface area contributed by atoms with Crippen molar-refractivity contribution in [2.45, 2.75) is 45.2 Å². The van der Waals surface area contributed by atoms with E-state index in [4.69, 9.17) is 6.42 Å². The minimum atomic E-state index is -0.0268. The first-order valence-corrected chi connectivity index (χ1v) is 5.44. The van der Waals surface area contributed by atoms with Crippen molar-refractivity contribution < 1.29 is 4.79 Å². The summed E-state index contributed by atoms with van der Waals surface area (Å²) in [6, 6.07) is 0.0132. The number of carbonyl (C=O) groups excluding carboxylic acids is 1. The molecule has 15 heavy (non-hydrogen) atoms. The first-order valence-electron chi connectivity index (χ1n) is 5.44. The topological polar surface area (TPSA) is 32.3 Å². The summed E-state index contributed by atoms with van der Waals surface area (Å²) in [4.78, 5) is 13.6. The lowest BCUT2D eigenvalue weighted by Crippen LogP contribution is -2.46. The van der Waals surface area contributed by atoms with Crippen LogP contribution in [0.5, 0.6) is 0 Å². The van der Waals surface area contributed by atoms with Crippen molar-refractivity contribution in [3.63, 3.8) is 0 Å². The largest absolute Gasteiger partial charge is 0.328 e. The Balaban J connectivity index is 2.44. The Kier molecular flexibility index (Phi) is 3.76. The molecular formula is C12H20N2O. The number of nitrogens with zero attached hydrogens (tertiary/aromatic N) is 1. The number of rotatable bonds is 2. The summed E-state index contributed by atoms with van der Waals surface area (Å²) in [5.41, 5.74) is -0.0268. The highest BCUT2D eigenvalue weighted by Gasteiger charge is 2.27. The van der Waals surface area contributed by atoms with Crippen molar-refractivity contribution in [1.29, 1.82) is 0 Å². The Bertz CT molecular complexity index is 272. The molecular weight excluding hydrogens is 188 g/mol. The van der Waals surface area contributed by atoms with Crippen LogP contribution < -0.4 is 5.32 Å². The summed E-state index contributed by atoms with van der Waals surface area (Å²) in [5.74, 6) is 2.79. The molecule has 1 atom stereocenters. The van der Waals surface area contributed by atoms with Gasteiger partial charge in [0, 0.05) is 12.1 Å². The van der Waals surface area contributed by atoms with E-state index in [0.29, 0.717) is 6.54 Å². The van der Waals surface area contributed by atoms with E-state index in [9.17, 15) is 4.79 Å². The van der Waals surface area contributed by atoms with Crippen LogP contribution in [0.1, 0.15) is 33.6 Å². The number of hydrogen-bond donors (Lipinski definition) is 1. The zero-order valence-corrected chi connectivity index (χ0v) is 9.84. The molecule has 0 bridgehead atoms. The molecule has 0 saturated carbocycles. The monoisotopic (exact) mass is 208 g/mol. The third-order valence-corrected chi connectivity index (χ3v) is 2.54. The van der Waals surface area contributed by atoms with Crippen molar-refractivity contribution in [2.75, 3.05) is 13.1 Å². The first-order chi connectivity index (χ1) is 6.94. The molecule has 1 amide bonds. The number of terminal acetylenes is 1. The van der Waals surface area contributed by atoms with E-state index in [1.807, 2.05) is 20.8 Å². The lowest BCUT2D eigenvalue weighted by atomic mass is 10.1. The molecule has 0 aromatic carbocycles. The van der Waals surface area contributed by atoms with Crippen LogP contribution in [0, 0.1) is 12.3 Å². The summed E-state index contributed by atoms with van der Waals surface area (Å²) in [7, 11) is 0. The Labute approximate surface area is 92.2 Å². The second-order valence-electron chi connectivity index (χ2n) is 5.02. The fraction of sp³-hybridized carbons (Fsp3) is 0.750. The van der Waals surface area contributed by atoms with E-state index in [-0.39, 0.29) is 17.5 Å². The summed E-state index contributed by atoms with van der Waals surface area (Å²) in [5, 5.41) is 3.18. The minimum absolute atomic E-state index is 0.0132. The van der Waals surface area contributed by atoms with Gasteiger partial charge < -0.3 is 10.2 Å². The number of likely N-dealkylation sites (tertiary alicyclic amines) is 1. The lowest BCUT2D eigenvalue weighted by Gasteiger charge is -2.25. The van der Waals surface area contributed by atoms with Crippen LogP contribution in [0.4, 0.5) is 0 Å². The normalized spacial score (nSPS) is 21.5. The third-order valence-electron chi connectivity index (χ3n) is 2.54. The zero-order chi connectivity index (χ0) is 11.5. The molecule has 1 aliphatic heterocycles. The molecule has 0 radical (unpaired) electrons. The zero-order valence-electron chi connectivity index (χ0n) is 9.84. The van der Waals surface area contributed by atoms with Gasteiger partial charge in [0.15, 0.2) is 0 Å². The van der Waals surface area contributed by atoms with Crippen molar-refractivity contribution in [1.82, 2.24) is 10.2 Å². The van der Waals surface area contributed by atoms with Gasteiger partial charge in [0.05, 0.1) is 12.6 Å². The quantitative estimate of drug-likeness (QED) is 0.687. The average Bonchev–Trinajstić information content (AvgIpc) is 2.60. The second kappa shape index (κ2) is 4.67. The van der Waals surface area contributed by atoms with Gasteiger partial charge in [-0.05, 0) is 33.6 Å². The van der Waals surface area contributed by atoms with Gasteiger partial charge in [-0.3, -0.25) is 4.79 Å². The molecule has 0 aromatic heterocycles. The van der Waals surface area contributed by atoms with Gasteiger partial charge in [-0.1, -0.05) is 5.92 Å². The van der Waals surface area contributed by atoms with Crippen LogP contribution in [0.3, 0.4) is 0 Å². The molecule has 1 fully saturated rings. The second-order valence-corrected chi connectivity index (χ2v) is 5.02. The number of nitrogens with one attached hydrogen (secondary N) is 1. The van der Waals surface area contributed by atoms with Crippen LogP contribution in [0.25, 0.3) is 0 Å². The minimum Gasteiger partial charge on any atom is -0.328 e. The van der Waals surface area contributed by atoms with E-state index in [0.717, 1.165) is 19.4 Å². The third kappa shape index (κ3) is 3.56. The lowest BCUT2D eigenvalue weighted by molar-refractivity contribution is -0.130. The SMILES string of the molecule is C#C[C@H]1CCCN1C(=O)CNC(C)(C)C. The Morgan fingerprint density at radius 2 is 2.27 bits per heavy atom. The van der Waals surface area contributed by atoms with Crippen LogP contribution in [-0.2, 0) is 4.79 Å². The molecule has 1 N–H and O–H groups in total. The molecule has 0 spiro atoms. The Morgan fingerprint density at radius 1 is 1.60 bits per heavy atom. The number of carbonyl (C=O) groups is 1. The van der Waals surface area contributed by atoms with E-state index in [1.165, 1.54) is 0 Å². The maximum atomic E-state index is 11.8. The smallest absolute Gasteiger partial charge is 0.237 e. The highest BCUT2D eigenvalue weighted by molar-refractivity contribution is 5.79. The van der Waals surface area contributed by atoms with Crippen LogP contribution in [0.2, 0.25) is 0 Å². The summed E-state index contributed by atoms with van der Waals surface area (Å²) in [6.45, 7) is 7.32. The Morgan fingerprint density at radius 3 is 2.80 bits per heavy atom. The highest BCUT2D eigenvalue weighted by Crippen LogP contribution is 2.16. The predicted octanol–water partition coefficient (Wildman–Crippen LogP) is 0.999. The predicted molar refractivity (Wildman–Crippen MR) is 61.3 cm³/mol. The van der Waals surface area contributed by atoms with E-state index in [1.54, 1.807) is 4.90 Å². The van der Waals surface area contributed by atoms with Crippen molar-refractivity contribution >= 4 is 5.91 Å². The van der Waals surface area contributed by atoms with Crippen molar-refractivity contribution in [3.05, 3.63) is 0 Å². The van der Waals surface area contributed by atoms with Gasteiger partial charge in [0.2, 0.25) is 5.91 Å². The molecule has 3 heteroatoms. The van der Waals surface area contributed by atoms with Crippen molar-refractivity contribution in [2.24, 2.45) is 0 Å². The van der Waals surface area contributed by atoms with Gasteiger partial charge >= 0.3 is 0 Å². The summed E-state index contributed by atoms with van der Waals surface area (Å²) < 4.78 is 0. The maximum absolute atomic E-state index is 11.8. The van der Waals surface area contributed by atoms with Gasteiger partial charge in [-0.25, -0.2) is 0 Å². The first kappa shape index (κ1) is 12.1. The van der Waals surface area contributed by atoms with E-state index < -0.39 is 0 Å². The molecule has 0 aromatic rings. The fourth-order valence-electron chi connectivity index (χ4n) is 1.68. The van der Waals surface area contributed by atoms with E-state index >= 15 is 0 Å². The van der Waals surface area contributed by atoms with Gasteiger partial charge in [-0.2, -0.15) is 0 Å². The Hall–Kier alpha value is -1.01. The van der Waals surface area contributed by atoms with Crippen molar-refractivity contribution in [3.8, 4) is 12.3 Å². The molecule has 1 heterocycles. The molecule has 1 aliphatic rings. The molecule has 3 nitrogen and oxygen atoms in total. The molecule has 84 valence electrons. The van der Waals surface area contributed by atoms with Crippen LogP contribution in [0.15, 0.2) is 0 Å². The maximum Gasteiger partial charge on any atom is 0.237 e. The van der Waals surface area contributed by atoms with Gasteiger partial charge in [-0.15, -0.1) is 6.42 Å². The summed E-state index contributed by atoms with van der Waals surface area (Å²) in [6.07, 6.45) is 7.35. The summed E-state index contributed by atoms with van der Waals surface area (Å²) >= 11 is 0. The molecule has 1 saturated heterocycles. The van der Waals surface area contributed by atoms with Gasteiger partial charge in [0.25, 0.3) is 0 Å². The standard InChI is InChI=1S/C12H20N2O/c1-5-10-7-6-8-14(10)11(15)9-13-12(2,3)4/h1,10,13H,6-9H2,2-4H3/t10-/m0/s1. The van der Waals surface area contributed by atoms with E-state index in [2.05, 4.69) is 11.2 Å². The molecule has 1 rings (SSSR count). The fourth-order valence-corrected chi connectivity index (χ4v) is 1.68. The van der Waals surface area contributed by atoms with Crippen LogP contribution in [-0.4, -0.2) is 35.5 Å². The van der Waals surface area contributed by atoms with Crippen LogP contribution >= 0.6 is 0 Å². The molecule has 0 aliphatic carbocycles. The number of amides is 1.